The number of esters is 1. The molecular weight excluding hydrogens is 185 g/mol. The van der Waals surface area contributed by atoms with Crippen molar-refractivity contribution in [1.82, 2.24) is 4.98 Å². The summed E-state index contributed by atoms with van der Waals surface area (Å²) in [5.74, 6) is -0.705. The number of carbonyl (C=O) groups excluding carboxylic acids is 1. The van der Waals surface area contributed by atoms with Crippen molar-refractivity contribution in [2.75, 3.05) is 6.61 Å². The highest BCUT2D eigenvalue weighted by molar-refractivity contribution is 5.71. The molecule has 0 amide bonds. The summed E-state index contributed by atoms with van der Waals surface area (Å²) < 4.78 is 17.5. The van der Waals surface area contributed by atoms with Gasteiger partial charge in [0, 0.05) is 0 Å². The van der Waals surface area contributed by atoms with E-state index in [1.54, 1.807) is 13.8 Å². The van der Waals surface area contributed by atoms with Crippen molar-refractivity contribution < 1.29 is 13.9 Å². The average molecular weight is 197 g/mol. The van der Waals surface area contributed by atoms with E-state index in [9.17, 15) is 9.18 Å². The number of ether oxygens (including phenoxy) is 1. The van der Waals surface area contributed by atoms with E-state index in [0.717, 1.165) is 0 Å². The Morgan fingerprint density at radius 1 is 1.57 bits per heavy atom. The van der Waals surface area contributed by atoms with E-state index in [-0.39, 0.29) is 18.2 Å². The van der Waals surface area contributed by atoms with Crippen molar-refractivity contribution in [3.63, 3.8) is 0 Å². The zero-order chi connectivity index (χ0) is 10.6. The molecule has 76 valence electrons. The van der Waals surface area contributed by atoms with Crippen LogP contribution in [0.2, 0.25) is 0 Å². The van der Waals surface area contributed by atoms with Gasteiger partial charge in [0.1, 0.15) is 5.82 Å². The van der Waals surface area contributed by atoms with Gasteiger partial charge in [0.2, 0.25) is 0 Å². The molecule has 1 rings (SSSR count). The van der Waals surface area contributed by atoms with E-state index in [1.807, 2.05) is 0 Å². The van der Waals surface area contributed by atoms with Crippen LogP contribution in [0.25, 0.3) is 0 Å². The molecule has 4 heteroatoms. The minimum absolute atomic E-state index is 0.0922. The lowest BCUT2D eigenvalue weighted by molar-refractivity contribution is -0.142. The monoisotopic (exact) mass is 197 g/mol. The SMILES string of the molecule is CCOC(=O)Cc1ccc(F)c(C)n1. The molecule has 0 radical (unpaired) electrons. The van der Waals surface area contributed by atoms with Crippen LogP contribution in [0.3, 0.4) is 0 Å². The number of carbonyl (C=O) groups is 1. The highest BCUT2D eigenvalue weighted by Crippen LogP contribution is 2.05. The second-order valence-corrected chi connectivity index (χ2v) is 2.85. The summed E-state index contributed by atoms with van der Waals surface area (Å²) in [5, 5.41) is 0. The number of aromatic nitrogens is 1. The van der Waals surface area contributed by atoms with Crippen molar-refractivity contribution in [2.45, 2.75) is 20.3 Å². The van der Waals surface area contributed by atoms with Gasteiger partial charge in [-0.25, -0.2) is 4.39 Å². The fourth-order valence-corrected chi connectivity index (χ4v) is 1.05. The number of aryl methyl sites for hydroxylation is 1. The lowest BCUT2D eigenvalue weighted by atomic mass is 10.2. The Morgan fingerprint density at radius 3 is 2.86 bits per heavy atom. The van der Waals surface area contributed by atoms with Crippen LogP contribution in [0, 0.1) is 12.7 Å². The van der Waals surface area contributed by atoms with Crippen LogP contribution in [0.5, 0.6) is 0 Å². The Kier molecular flexibility index (Phi) is 3.56. The minimum atomic E-state index is -0.363. The van der Waals surface area contributed by atoms with Crippen molar-refractivity contribution in [3.05, 3.63) is 29.3 Å². The van der Waals surface area contributed by atoms with Gasteiger partial charge in [0.15, 0.2) is 0 Å². The van der Waals surface area contributed by atoms with Crippen LogP contribution in [-0.2, 0) is 16.0 Å². The van der Waals surface area contributed by atoms with Gasteiger partial charge in [-0.3, -0.25) is 9.78 Å². The average Bonchev–Trinajstić information content (AvgIpc) is 2.12. The molecule has 0 aliphatic heterocycles. The zero-order valence-electron chi connectivity index (χ0n) is 8.21. The van der Waals surface area contributed by atoms with E-state index in [1.165, 1.54) is 12.1 Å². The molecule has 0 atom stereocenters. The number of nitrogens with zero attached hydrogens (tertiary/aromatic N) is 1. The van der Waals surface area contributed by atoms with Crippen molar-refractivity contribution in [3.8, 4) is 0 Å². The van der Waals surface area contributed by atoms with Gasteiger partial charge in [0.05, 0.1) is 24.4 Å². The van der Waals surface area contributed by atoms with Gasteiger partial charge in [-0.2, -0.15) is 0 Å². The van der Waals surface area contributed by atoms with E-state index in [2.05, 4.69) is 4.98 Å². The lowest BCUT2D eigenvalue weighted by Gasteiger charge is -2.02. The quantitative estimate of drug-likeness (QED) is 0.691. The highest BCUT2D eigenvalue weighted by Gasteiger charge is 2.06. The van der Waals surface area contributed by atoms with Gasteiger partial charge in [-0.05, 0) is 26.0 Å². The third-order valence-electron chi connectivity index (χ3n) is 1.71. The number of hydrogen-bond donors (Lipinski definition) is 0. The molecule has 0 N–H and O–H groups in total. The first-order valence-electron chi connectivity index (χ1n) is 4.41. The molecule has 0 aliphatic carbocycles. The smallest absolute Gasteiger partial charge is 0.311 e. The van der Waals surface area contributed by atoms with E-state index >= 15 is 0 Å². The Morgan fingerprint density at radius 2 is 2.29 bits per heavy atom. The largest absolute Gasteiger partial charge is 0.466 e. The number of hydrogen-bond acceptors (Lipinski definition) is 3. The molecule has 0 unspecified atom stereocenters. The van der Waals surface area contributed by atoms with Crippen LogP contribution in [0.1, 0.15) is 18.3 Å². The predicted molar refractivity (Wildman–Crippen MR) is 49.3 cm³/mol. The second kappa shape index (κ2) is 4.69. The molecule has 0 saturated carbocycles. The topological polar surface area (TPSA) is 39.2 Å². The van der Waals surface area contributed by atoms with Crippen LogP contribution in [0.4, 0.5) is 4.39 Å². The van der Waals surface area contributed by atoms with E-state index in [0.29, 0.717) is 18.0 Å². The third-order valence-corrected chi connectivity index (χ3v) is 1.71. The molecule has 3 nitrogen and oxygen atoms in total. The van der Waals surface area contributed by atoms with Crippen LogP contribution >= 0.6 is 0 Å². The van der Waals surface area contributed by atoms with Crippen molar-refractivity contribution in [2.24, 2.45) is 0 Å². The summed E-state index contributed by atoms with van der Waals surface area (Å²) >= 11 is 0. The van der Waals surface area contributed by atoms with Crippen LogP contribution < -0.4 is 0 Å². The van der Waals surface area contributed by atoms with Gasteiger partial charge in [-0.15, -0.1) is 0 Å². The molecule has 1 heterocycles. The maximum absolute atomic E-state index is 12.8. The lowest BCUT2D eigenvalue weighted by Crippen LogP contribution is -2.09. The van der Waals surface area contributed by atoms with Crippen LogP contribution in [0.15, 0.2) is 12.1 Å². The first-order chi connectivity index (χ1) is 6.63. The van der Waals surface area contributed by atoms with Gasteiger partial charge in [0.25, 0.3) is 0 Å². The molecule has 0 aromatic carbocycles. The van der Waals surface area contributed by atoms with Crippen molar-refractivity contribution >= 4 is 5.97 Å². The molecule has 1 aromatic heterocycles. The molecule has 14 heavy (non-hydrogen) atoms. The van der Waals surface area contributed by atoms with E-state index in [4.69, 9.17) is 4.74 Å². The number of pyridine rings is 1. The molecule has 0 spiro atoms. The summed E-state index contributed by atoms with van der Waals surface area (Å²) in [5.41, 5.74) is 0.828. The molecule has 0 aliphatic rings. The molecular formula is C10H12FNO2. The molecule has 0 saturated heterocycles. The highest BCUT2D eigenvalue weighted by atomic mass is 19.1. The Labute approximate surface area is 81.9 Å². The van der Waals surface area contributed by atoms with Gasteiger partial charge >= 0.3 is 5.97 Å². The Hall–Kier alpha value is -1.45. The maximum Gasteiger partial charge on any atom is 0.311 e. The van der Waals surface area contributed by atoms with Crippen LogP contribution in [-0.4, -0.2) is 17.6 Å². The van der Waals surface area contributed by atoms with Crippen molar-refractivity contribution in [1.29, 1.82) is 0 Å². The standard InChI is InChI=1S/C10H12FNO2/c1-3-14-10(13)6-8-4-5-9(11)7(2)12-8/h4-5H,3,6H2,1-2H3. The molecule has 0 fully saturated rings. The zero-order valence-corrected chi connectivity index (χ0v) is 8.21. The Balaban J connectivity index is 2.68. The summed E-state index contributed by atoms with van der Waals surface area (Å²) in [6, 6.07) is 2.79. The predicted octanol–water partition coefficient (Wildman–Crippen LogP) is 1.63. The number of rotatable bonds is 3. The first-order valence-corrected chi connectivity index (χ1v) is 4.41. The van der Waals surface area contributed by atoms with E-state index < -0.39 is 0 Å². The fraction of sp³-hybridized carbons (Fsp3) is 0.400. The third kappa shape index (κ3) is 2.80. The van der Waals surface area contributed by atoms with Gasteiger partial charge in [-0.1, -0.05) is 0 Å². The molecule has 1 aromatic rings. The maximum atomic E-state index is 12.8. The fourth-order valence-electron chi connectivity index (χ4n) is 1.05. The normalized spacial score (nSPS) is 9.93. The first kappa shape index (κ1) is 10.6. The molecule has 0 bridgehead atoms. The second-order valence-electron chi connectivity index (χ2n) is 2.85. The summed E-state index contributed by atoms with van der Waals surface area (Å²) in [6.45, 7) is 3.64. The van der Waals surface area contributed by atoms with Gasteiger partial charge < -0.3 is 4.74 Å². The summed E-state index contributed by atoms with van der Waals surface area (Å²) in [6.07, 6.45) is 0.0922. The Bertz CT molecular complexity index is 339. The summed E-state index contributed by atoms with van der Waals surface area (Å²) in [4.78, 5) is 15.0. The number of halogens is 1. The minimum Gasteiger partial charge on any atom is -0.466 e. The summed E-state index contributed by atoms with van der Waals surface area (Å²) in [7, 11) is 0.